The predicted molar refractivity (Wildman–Crippen MR) is 99.5 cm³/mol. The van der Waals surface area contributed by atoms with Gasteiger partial charge in [-0.1, -0.05) is 23.8 Å². The number of benzene rings is 2. The largest absolute Gasteiger partial charge is 0.347 e. The molecule has 0 saturated heterocycles. The van der Waals surface area contributed by atoms with E-state index in [9.17, 15) is 18.0 Å². The first-order valence-corrected chi connectivity index (χ1v) is 9.35. The van der Waals surface area contributed by atoms with Crippen LogP contribution in [0.25, 0.3) is 0 Å². The molecule has 2 aromatic rings. The van der Waals surface area contributed by atoms with Crippen molar-refractivity contribution in [3.63, 3.8) is 0 Å². The average molecular weight is 375 g/mol. The minimum atomic E-state index is -3.83. The second kappa shape index (κ2) is 8.01. The molecule has 0 unspecified atom stereocenters. The van der Waals surface area contributed by atoms with Gasteiger partial charge in [0.15, 0.2) is 0 Å². The van der Waals surface area contributed by atoms with Crippen molar-refractivity contribution in [1.29, 1.82) is 0 Å². The first-order valence-electron chi connectivity index (χ1n) is 7.87. The number of carbonyl (C=O) groups excluding carboxylic acids is 2. The molecular weight excluding hydrogens is 354 g/mol. The highest BCUT2D eigenvalue weighted by Gasteiger charge is 2.17. The molecule has 2 N–H and O–H groups in total. The number of anilines is 1. The Hall–Kier alpha value is -2.87. The van der Waals surface area contributed by atoms with Crippen molar-refractivity contribution in [2.24, 2.45) is 0 Å². The summed E-state index contributed by atoms with van der Waals surface area (Å²) in [6.45, 7) is 1.74. The van der Waals surface area contributed by atoms with Gasteiger partial charge in [0.25, 0.3) is 15.9 Å². The molecule has 0 bridgehead atoms. The third kappa shape index (κ3) is 5.06. The van der Waals surface area contributed by atoms with Crippen molar-refractivity contribution in [1.82, 2.24) is 10.2 Å². The van der Waals surface area contributed by atoms with Crippen molar-refractivity contribution in [3.8, 4) is 0 Å². The second-order valence-corrected chi connectivity index (χ2v) is 7.65. The van der Waals surface area contributed by atoms with E-state index >= 15 is 0 Å². The van der Waals surface area contributed by atoms with E-state index in [0.717, 1.165) is 5.56 Å². The standard InChI is InChI=1S/C18H21N3O4S/c1-13-7-9-15(10-8-13)20-26(24,25)16-6-4-5-14(11-16)18(23)19-12-17(22)21(2)3/h4-11,20H,12H2,1-3H3,(H,19,23). The highest BCUT2D eigenvalue weighted by molar-refractivity contribution is 7.92. The van der Waals surface area contributed by atoms with Gasteiger partial charge in [-0.25, -0.2) is 8.42 Å². The molecular formula is C18H21N3O4S. The van der Waals surface area contributed by atoms with Crippen molar-refractivity contribution < 1.29 is 18.0 Å². The van der Waals surface area contributed by atoms with Crippen LogP contribution in [0.3, 0.4) is 0 Å². The molecule has 7 nitrogen and oxygen atoms in total. The van der Waals surface area contributed by atoms with Crippen LogP contribution >= 0.6 is 0 Å². The molecule has 0 spiro atoms. The Morgan fingerprint density at radius 2 is 1.69 bits per heavy atom. The first-order chi connectivity index (χ1) is 12.2. The van der Waals surface area contributed by atoms with Crippen LogP contribution in [0.1, 0.15) is 15.9 Å². The summed E-state index contributed by atoms with van der Waals surface area (Å²) in [5.74, 6) is -0.782. The second-order valence-electron chi connectivity index (χ2n) is 5.97. The summed E-state index contributed by atoms with van der Waals surface area (Å²) in [6.07, 6.45) is 0. The topological polar surface area (TPSA) is 95.6 Å². The molecule has 2 aromatic carbocycles. The van der Waals surface area contributed by atoms with Crippen LogP contribution < -0.4 is 10.0 Å². The molecule has 0 aliphatic rings. The van der Waals surface area contributed by atoms with E-state index < -0.39 is 15.9 Å². The van der Waals surface area contributed by atoms with Gasteiger partial charge in [0.1, 0.15) is 0 Å². The number of sulfonamides is 1. The summed E-state index contributed by atoms with van der Waals surface area (Å²) in [4.78, 5) is 25.0. The summed E-state index contributed by atoms with van der Waals surface area (Å²) in [6, 6.07) is 12.6. The summed E-state index contributed by atoms with van der Waals surface area (Å²) in [5.41, 5.74) is 1.60. The Morgan fingerprint density at radius 3 is 2.31 bits per heavy atom. The quantitative estimate of drug-likeness (QED) is 0.802. The van der Waals surface area contributed by atoms with E-state index in [1.807, 2.05) is 6.92 Å². The first kappa shape index (κ1) is 19.5. The number of aryl methyl sites for hydroxylation is 1. The molecule has 2 rings (SSSR count). The molecule has 8 heteroatoms. The number of hydrogen-bond donors (Lipinski definition) is 2. The van der Waals surface area contributed by atoms with Crippen LogP contribution in [0.15, 0.2) is 53.4 Å². The Balaban J connectivity index is 2.15. The van der Waals surface area contributed by atoms with E-state index in [1.165, 1.54) is 29.2 Å². The number of amides is 2. The predicted octanol–water partition coefficient (Wildman–Crippen LogP) is 1.61. The molecule has 0 aliphatic heterocycles. The maximum atomic E-state index is 12.5. The number of likely N-dealkylation sites (N-methyl/N-ethyl adjacent to an activating group) is 1. The zero-order chi connectivity index (χ0) is 19.3. The highest BCUT2D eigenvalue weighted by Crippen LogP contribution is 2.17. The van der Waals surface area contributed by atoms with E-state index in [-0.39, 0.29) is 22.9 Å². The molecule has 0 atom stereocenters. The van der Waals surface area contributed by atoms with E-state index in [4.69, 9.17) is 0 Å². The fraction of sp³-hybridized carbons (Fsp3) is 0.222. The van der Waals surface area contributed by atoms with Gasteiger partial charge in [-0.3, -0.25) is 14.3 Å². The number of hydrogen-bond acceptors (Lipinski definition) is 4. The van der Waals surface area contributed by atoms with Gasteiger partial charge < -0.3 is 10.2 Å². The molecule has 0 aliphatic carbocycles. The maximum Gasteiger partial charge on any atom is 0.261 e. The number of carbonyl (C=O) groups is 2. The summed E-state index contributed by atoms with van der Waals surface area (Å²) >= 11 is 0. The lowest BCUT2D eigenvalue weighted by molar-refractivity contribution is -0.127. The van der Waals surface area contributed by atoms with Crippen LogP contribution in [-0.2, 0) is 14.8 Å². The van der Waals surface area contributed by atoms with Crippen molar-refractivity contribution in [2.45, 2.75) is 11.8 Å². The lowest BCUT2D eigenvalue weighted by atomic mass is 10.2. The fourth-order valence-electron chi connectivity index (χ4n) is 2.06. The normalized spacial score (nSPS) is 10.9. The van der Waals surface area contributed by atoms with Crippen LogP contribution in [0.5, 0.6) is 0 Å². The molecule has 0 fully saturated rings. The van der Waals surface area contributed by atoms with Gasteiger partial charge in [0.05, 0.1) is 11.4 Å². The van der Waals surface area contributed by atoms with Gasteiger partial charge in [-0.15, -0.1) is 0 Å². The molecule has 0 heterocycles. The Bertz CT molecular complexity index is 906. The number of nitrogens with one attached hydrogen (secondary N) is 2. The van der Waals surface area contributed by atoms with Crippen LogP contribution in [0.4, 0.5) is 5.69 Å². The van der Waals surface area contributed by atoms with Crippen molar-refractivity contribution in [3.05, 3.63) is 59.7 Å². The van der Waals surface area contributed by atoms with Crippen molar-refractivity contribution >= 4 is 27.5 Å². The lowest BCUT2D eigenvalue weighted by Gasteiger charge is -2.12. The smallest absolute Gasteiger partial charge is 0.261 e. The Morgan fingerprint density at radius 1 is 1.04 bits per heavy atom. The zero-order valence-electron chi connectivity index (χ0n) is 14.8. The zero-order valence-corrected chi connectivity index (χ0v) is 15.6. The van der Waals surface area contributed by atoms with Gasteiger partial charge >= 0.3 is 0 Å². The third-order valence-electron chi connectivity index (χ3n) is 3.61. The molecule has 138 valence electrons. The molecule has 0 radical (unpaired) electrons. The third-order valence-corrected chi connectivity index (χ3v) is 4.99. The number of rotatable bonds is 6. The summed E-state index contributed by atoms with van der Waals surface area (Å²) in [5, 5.41) is 2.47. The van der Waals surface area contributed by atoms with E-state index in [2.05, 4.69) is 10.0 Å². The summed E-state index contributed by atoms with van der Waals surface area (Å²) in [7, 11) is -0.669. The highest BCUT2D eigenvalue weighted by atomic mass is 32.2. The minimum absolute atomic E-state index is 0.0374. The van der Waals surface area contributed by atoms with Crippen molar-refractivity contribution in [2.75, 3.05) is 25.4 Å². The Kier molecular flexibility index (Phi) is 5.99. The SMILES string of the molecule is Cc1ccc(NS(=O)(=O)c2cccc(C(=O)NCC(=O)N(C)C)c2)cc1. The van der Waals surface area contributed by atoms with Gasteiger partial charge in [-0.05, 0) is 37.3 Å². The molecule has 0 aromatic heterocycles. The summed E-state index contributed by atoms with van der Waals surface area (Å²) < 4.78 is 27.5. The monoisotopic (exact) mass is 375 g/mol. The molecule has 2 amide bonds. The fourth-order valence-corrected chi connectivity index (χ4v) is 3.16. The molecule has 26 heavy (non-hydrogen) atoms. The lowest BCUT2D eigenvalue weighted by Crippen LogP contribution is -2.36. The van der Waals surface area contributed by atoms with Gasteiger partial charge in [-0.2, -0.15) is 0 Å². The Labute approximate surface area is 153 Å². The number of nitrogens with zero attached hydrogens (tertiary/aromatic N) is 1. The van der Waals surface area contributed by atoms with Crippen LogP contribution in [-0.4, -0.2) is 45.8 Å². The molecule has 0 saturated carbocycles. The van der Waals surface area contributed by atoms with Gasteiger partial charge in [0.2, 0.25) is 5.91 Å². The van der Waals surface area contributed by atoms with E-state index in [1.54, 1.807) is 38.4 Å². The van der Waals surface area contributed by atoms with E-state index in [0.29, 0.717) is 5.69 Å². The minimum Gasteiger partial charge on any atom is -0.347 e. The van der Waals surface area contributed by atoms with Crippen LogP contribution in [0.2, 0.25) is 0 Å². The van der Waals surface area contributed by atoms with Gasteiger partial charge in [0, 0.05) is 25.3 Å². The van der Waals surface area contributed by atoms with Crippen LogP contribution in [0, 0.1) is 6.92 Å². The average Bonchev–Trinajstić information content (AvgIpc) is 2.61. The maximum absolute atomic E-state index is 12.5.